The molecule has 1 saturated carbocycles. The molecule has 2 aromatic carbocycles. The molecular weight excluding hydrogens is 529 g/mol. The number of ether oxygens (including phenoxy) is 1. The van der Waals surface area contributed by atoms with E-state index in [1.807, 2.05) is 0 Å². The third-order valence-electron chi connectivity index (χ3n) is 6.25. The van der Waals surface area contributed by atoms with Gasteiger partial charge in [-0.3, -0.25) is 0 Å². The SMILES string of the molecule is O=S(=O)(N[C@@H]1CCC[C@@]2(S(=O)(=O)c3ccc(Cl)cc3)c3c(F)ccc(F)c3OC[C@@H]12)C(F)(F)F. The molecule has 0 saturated heterocycles. The molecule has 2 aliphatic rings. The van der Waals surface area contributed by atoms with E-state index in [0.29, 0.717) is 6.07 Å². The van der Waals surface area contributed by atoms with E-state index in [0.717, 1.165) is 18.2 Å². The van der Waals surface area contributed by atoms with Crippen molar-refractivity contribution >= 4 is 31.5 Å². The van der Waals surface area contributed by atoms with Crippen molar-refractivity contribution in [3.63, 3.8) is 0 Å². The maximum atomic E-state index is 15.2. The number of halogens is 6. The van der Waals surface area contributed by atoms with E-state index in [2.05, 4.69) is 0 Å². The second kappa shape index (κ2) is 8.32. The van der Waals surface area contributed by atoms with Crippen molar-refractivity contribution in [3.05, 3.63) is 58.6 Å². The van der Waals surface area contributed by atoms with Gasteiger partial charge in [-0.15, -0.1) is 0 Å². The summed E-state index contributed by atoms with van der Waals surface area (Å²) in [5.41, 5.74) is -6.33. The van der Waals surface area contributed by atoms with Gasteiger partial charge in [-0.05, 0) is 55.7 Å². The first-order chi connectivity index (χ1) is 15.7. The molecule has 14 heteroatoms. The van der Waals surface area contributed by atoms with Crippen LogP contribution in [0.3, 0.4) is 0 Å². The number of sulfone groups is 1. The second-order valence-corrected chi connectivity index (χ2v) is 12.4. The van der Waals surface area contributed by atoms with Crippen LogP contribution in [0, 0.1) is 17.6 Å². The molecule has 2 aromatic rings. The van der Waals surface area contributed by atoms with Crippen LogP contribution in [-0.2, 0) is 24.6 Å². The van der Waals surface area contributed by atoms with Crippen LogP contribution in [0.2, 0.25) is 5.02 Å². The maximum absolute atomic E-state index is 15.2. The lowest BCUT2D eigenvalue weighted by Gasteiger charge is -2.50. The maximum Gasteiger partial charge on any atom is 0.511 e. The summed E-state index contributed by atoms with van der Waals surface area (Å²) >= 11 is 5.84. The van der Waals surface area contributed by atoms with Gasteiger partial charge in [0.25, 0.3) is 0 Å². The minimum atomic E-state index is -5.87. The highest BCUT2D eigenvalue weighted by atomic mass is 35.5. The number of sulfonamides is 1. The third kappa shape index (κ3) is 3.76. The summed E-state index contributed by atoms with van der Waals surface area (Å²) in [7, 11) is -10.5. The number of rotatable bonds is 4. The summed E-state index contributed by atoms with van der Waals surface area (Å²) in [6.45, 7) is -0.661. The first-order valence-corrected chi connectivity index (χ1v) is 13.3. The van der Waals surface area contributed by atoms with E-state index >= 15 is 4.39 Å². The molecule has 1 fully saturated rings. The third-order valence-corrected chi connectivity index (χ3v) is 10.3. The summed E-state index contributed by atoms with van der Waals surface area (Å²) in [5, 5.41) is 0.192. The minimum Gasteiger partial charge on any atom is -0.490 e. The predicted molar refractivity (Wildman–Crippen MR) is 111 cm³/mol. The fraction of sp³-hybridized carbons (Fsp3) is 0.400. The van der Waals surface area contributed by atoms with Crippen LogP contribution in [0.4, 0.5) is 22.0 Å². The van der Waals surface area contributed by atoms with Crippen LogP contribution < -0.4 is 9.46 Å². The highest BCUT2D eigenvalue weighted by Gasteiger charge is 2.62. The van der Waals surface area contributed by atoms with Gasteiger partial charge in [0.15, 0.2) is 21.4 Å². The van der Waals surface area contributed by atoms with Crippen LogP contribution >= 0.6 is 11.6 Å². The monoisotopic (exact) mass is 545 g/mol. The summed E-state index contributed by atoms with van der Waals surface area (Å²) in [5.74, 6) is -4.37. The Morgan fingerprint density at radius 3 is 2.24 bits per heavy atom. The van der Waals surface area contributed by atoms with Gasteiger partial charge in [-0.1, -0.05) is 11.6 Å². The van der Waals surface area contributed by atoms with Crippen molar-refractivity contribution in [2.45, 2.75) is 40.5 Å². The highest BCUT2D eigenvalue weighted by Crippen LogP contribution is 2.56. The second-order valence-electron chi connectivity index (χ2n) is 8.06. The fourth-order valence-corrected chi connectivity index (χ4v) is 8.16. The largest absolute Gasteiger partial charge is 0.511 e. The van der Waals surface area contributed by atoms with E-state index in [4.69, 9.17) is 16.3 Å². The summed E-state index contributed by atoms with van der Waals surface area (Å²) < 4.78 is 125. The Hall–Kier alpha value is -1.96. The van der Waals surface area contributed by atoms with Gasteiger partial charge in [-0.2, -0.15) is 13.2 Å². The smallest absolute Gasteiger partial charge is 0.490 e. The van der Waals surface area contributed by atoms with Crippen molar-refractivity contribution in [3.8, 4) is 5.75 Å². The molecule has 0 radical (unpaired) electrons. The molecule has 1 aliphatic heterocycles. The first-order valence-electron chi connectivity index (χ1n) is 9.92. The highest BCUT2D eigenvalue weighted by molar-refractivity contribution is 7.92. The standard InChI is InChI=1S/C20H17ClF5NO5S2/c21-11-3-5-12(6-4-11)33(28,29)19-9-1-2-16(27-34(30,31)20(24,25)26)13(19)10-32-18-15(23)8-7-14(22)17(18)19/h3-8,13,16,27H,1-2,9-10H2/t13-,16+,19-/m0/s1. The Kier molecular flexibility index (Phi) is 6.15. The lowest BCUT2D eigenvalue weighted by atomic mass is 9.70. The van der Waals surface area contributed by atoms with E-state index in [-0.39, 0.29) is 29.2 Å². The van der Waals surface area contributed by atoms with Crippen molar-refractivity contribution in [2.75, 3.05) is 6.61 Å². The van der Waals surface area contributed by atoms with Gasteiger partial charge in [0.2, 0.25) is 0 Å². The Morgan fingerprint density at radius 2 is 1.62 bits per heavy atom. The fourth-order valence-electron chi connectivity index (χ4n) is 4.80. The normalized spacial score (nSPS) is 25.2. The van der Waals surface area contributed by atoms with E-state index in [1.165, 1.54) is 16.9 Å². The minimum absolute atomic E-state index is 0.0935. The van der Waals surface area contributed by atoms with Gasteiger partial charge < -0.3 is 4.74 Å². The van der Waals surface area contributed by atoms with Gasteiger partial charge >= 0.3 is 15.5 Å². The Labute approximate surface area is 197 Å². The lowest BCUT2D eigenvalue weighted by Crippen LogP contribution is -2.60. The Morgan fingerprint density at radius 1 is 1.00 bits per heavy atom. The Balaban J connectivity index is 1.97. The van der Waals surface area contributed by atoms with Gasteiger partial charge in [0.05, 0.1) is 17.1 Å². The number of benzene rings is 2. The van der Waals surface area contributed by atoms with Gasteiger partial charge in [0, 0.05) is 17.0 Å². The van der Waals surface area contributed by atoms with E-state index < -0.39 is 71.6 Å². The average Bonchev–Trinajstić information content (AvgIpc) is 2.75. The number of fused-ring (bicyclic) bond motifs is 3. The van der Waals surface area contributed by atoms with Crippen molar-refractivity contribution in [1.82, 2.24) is 4.72 Å². The van der Waals surface area contributed by atoms with Crippen LogP contribution in [0.5, 0.6) is 5.75 Å². The molecule has 0 amide bonds. The zero-order valence-corrected chi connectivity index (χ0v) is 19.5. The van der Waals surface area contributed by atoms with E-state index in [1.54, 1.807) is 0 Å². The summed E-state index contributed by atoms with van der Waals surface area (Å²) in [4.78, 5) is -0.335. The lowest BCUT2D eigenvalue weighted by molar-refractivity contribution is -0.0458. The molecule has 1 aliphatic carbocycles. The molecule has 34 heavy (non-hydrogen) atoms. The van der Waals surface area contributed by atoms with Gasteiger partial charge in [0.1, 0.15) is 10.6 Å². The van der Waals surface area contributed by atoms with Crippen LogP contribution in [-0.4, -0.2) is 35.0 Å². The average molecular weight is 546 g/mol. The molecule has 0 bridgehead atoms. The molecule has 0 aromatic heterocycles. The van der Waals surface area contributed by atoms with Crippen LogP contribution in [0.15, 0.2) is 41.3 Å². The van der Waals surface area contributed by atoms with Crippen molar-refractivity contribution in [1.29, 1.82) is 0 Å². The molecule has 186 valence electrons. The number of hydrogen-bond donors (Lipinski definition) is 1. The van der Waals surface area contributed by atoms with Crippen LogP contribution in [0.1, 0.15) is 24.8 Å². The molecule has 6 nitrogen and oxygen atoms in total. The molecule has 0 unspecified atom stereocenters. The zero-order chi connectivity index (χ0) is 25.1. The molecule has 4 rings (SSSR count). The molecule has 3 atom stereocenters. The molecular formula is C20H17ClF5NO5S2. The van der Waals surface area contributed by atoms with Crippen LogP contribution in [0.25, 0.3) is 0 Å². The van der Waals surface area contributed by atoms with Gasteiger partial charge in [-0.25, -0.2) is 30.3 Å². The predicted octanol–water partition coefficient (Wildman–Crippen LogP) is 4.29. The van der Waals surface area contributed by atoms with Crippen molar-refractivity contribution in [2.24, 2.45) is 5.92 Å². The number of alkyl halides is 3. The Bertz CT molecular complexity index is 1330. The summed E-state index contributed by atoms with van der Waals surface area (Å²) in [6, 6.07) is 4.65. The molecule has 0 spiro atoms. The quantitative estimate of drug-likeness (QED) is 0.579. The summed E-state index contributed by atoms with van der Waals surface area (Å²) in [6.07, 6.45) is -0.569. The van der Waals surface area contributed by atoms with E-state index in [9.17, 15) is 34.4 Å². The molecule has 1 heterocycles. The number of hydrogen-bond acceptors (Lipinski definition) is 5. The molecule has 1 N–H and O–H groups in total. The zero-order valence-electron chi connectivity index (χ0n) is 17.1. The number of nitrogens with one attached hydrogen (secondary N) is 1. The topological polar surface area (TPSA) is 89.5 Å². The van der Waals surface area contributed by atoms with Crippen molar-refractivity contribution < 1.29 is 43.5 Å². The first kappa shape index (κ1) is 25.1.